The first-order valence-corrected chi connectivity index (χ1v) is 9.53. The maximum atomic E-state index is 12.7. The molecule has 1 spiro atoms. The van der Waals surface area contributed by atoms with Gasteiger partial charge < -0.3 is 14.6 Å². The third kappa shape index (κ3) is 2.39. The molecule has 1 heterocycles. The Morgan fingerprint density at radius 3 is 2.65 bits per heavy atom. The summed E-state index contributed by atoms with van der Waals surface area (Å²) in [6, 6.07) is 9.11. The Labute approximate surface area is 155 Å². The summed E-state index contributed by atoms with van der Waals surface area (Å²) in [5.41, 5.74) is -0.957. The van der Waals surface area contributed by atoms with Crippen LogP contribution in [0.25, 0.3) is 0 Å². The highest BCUT2D eigenvalue weighted by Crippen LogP contribution is 2.68. The van der Waals surface area contributed by atoms with Gasteiger partial charge in [0.05, 0.1) is 17.3 Å². The van der Waals surface area contributed by atoms with Gasteiger partial charge in [0.25, 0.3) is 0 Å². The van der Waals surface area contributed by atoms with Crippen molar-refractivity contribution in [2.75, 3.05) is 0 Å². The Kier molecular flexibility index (Phi) is 3.87. The monoisotopic (exact) mass is 356 g/mol. The predicted octanol–water partition coefficient (Wildman–Crippen LogP) is 3.74. The van der Waals surface area contributed by atoms with Gasteiger partial charge in [-0.15, -0.1) is 0 Å². The second-order valence-electron chi connectivity index (χ2n) is 8.93. The predicted molar refractivity (Wildman–Crippen MR) is 98.7 cm³/mol. The zero-order valence-electron chi connectivity index (χ0n) is 15.9. The highest BCUT2D eigenvalue weighted by Gasteiger charge is 2.78. The molecule has 4 rings (SSSR count). The van der Waals surface area contributed by atoms with Crippen LogP contribution in [-0.2, 0) is 9.47 Å². The Bertz CT molecular complexity index is 734. The van der Waals surface area contributed by atoms with Crippen molar-refractivity contribution in [3.05, 3.63) is 48.0 Å². The Balaban J connectivity index is 1.68. The van der Waals surface area contributed by atoms with Crippen LogP contribution >= 0.6 is 0 Å². The average Bonchev–Trinajstić information content (AvgIpc) is 3.33. The van der Waals surface area contributed by atoms with Crippen molar-refractivity contribution in [1.29, 1.82) is 0 Å². The van der Waals surface area contributed by atoms with Gasteiger partial charge >= 0.3 is 5.97 Å². The van der Waals surface area contributed by atoms with Crippen LogP contribution in [0, 0.1) is 17.3 Å². The summed E-state index contributed by atoms with van der Waals surface area (Å²) < 4.78 is 12.4. The van der Waals surface area contributed by atoms with E-state index in [4.69, 9.17) is 9.47 Å². The number of benzene rings is 1. The van der Waals surface area contributed by atoms with E-state index < -0.39 is 5.60 Å². The number of rotatable bonds is 3. The quantitative estimate of drug-likeness (QED) is 0.509. The molecule has 0 radical (unpaired) electrons. The smallest absolute Gasteiger partial charge is 0.338 e. The first-order valence-electron chi connectivity index (χ1n) is 9.53. The summed E-state index contributed by atoms with van der Waals surface area (Å²) in [5, 5.41) is 10.7. The van der Waals surface area contributed by atoms with Gasteiger partial charge in [-0.1, -0.05) is 44.2 Å². The maximum absolute atomic E-state index is 12.7. The van der Waals surface area contributed by atoms with Crippen LogP contribution < -0.4 is 0 Å². The highest BCUT2D eigenvalue weighted by atomic mass is 16.6. The molecule has 2 aliphatic carbocycles. The van der Waals surface area contributed by atoms with E-state index >= 15 is 0 Å². The number of hydrogen-bond acceptors (Lipinski definition) is 4. The van der Waals surface area contributed by atoms with Crippen LogP contribution in [0.15, 0.2) is 42.5 Å². The summed E-state index contributed by atoms with van der Waals surface area (Å²) in [4.78, 5) is 12.7. The number of ether oxygens (including phenoxy) is 2. The molecule has 0 unspecified atom stereocenters. The van der Waals surface area contributed by atoms with Gasteiger partial charge in [-0.3, -0.25) is 0 Å². The van der Waals surface area contributed by atoms with E-state index in [-0.39, 0.29) is 41.0 Å². The largest absolute Gasteiger partial charge is 0.458 e. The molecule has 1 aromatic carbocycles. The fourth-order valence-corrected chi connectivity index (χ4v) is 5.33. The molecule has 4 heteroatoms. The number of epoxide rings is 1. The first kappa shape index (κ1) is 17.7. The van der Waals surface area contributed by atoms with Gasteiger partial charge in [0.15, 0.2) is 0 Å². The molecule has 2 fully saturated rings. The zero-order chi connectivity index (χ0) is 18.7. The maximum Gasteiger partial charge on any atom is 0.338 e. The van der Waals surface area contributed by atoms with Crippen molar-refractivity contribution < 1.29 is 19.4 Å². The molecule has 1 saturated carbocycles. The van der Waals surface area contributed by atoms with Gasteiger partial charge in [0.1, 0.15) is 11.7 Å². The third-order valence-electron chi connectivity index (χ3n) is 6.93. The van der Waals surface area contributed by atoms with Crippen LogP contribution in [0.4, 0.5) is 0 Å². The van der Waals surface area contributed by atoms with Crippen molar-refractivity contribution in [2.45, 2.75) is 63.9 Å². The number of aliphatic hydroxyl groups is 1. The molecular weight excluding hydrogens is 328 g/mol. The topological polar surface area (TPSA) is 59.1 Å². The van der Waals surface area contributed by atoms with Crippen molar-refractivity contribution in [3.63, 3.8) is 0 Å². The van der Waals surface area contributed by atoms with E-state index in [1.165, 1.54) is 0 Å². The van der Waals surface area contributed by atoms with Gasteiger partial charge in [0.2, 0.25) is 0 Å². The van der Waals surface area contributed by atoms with Gasteiger partial charge in [-0.2, -0.15) is 0 Å². The number of hydrogen-bond donors (Lipinski definition) is 1. The lowest BCUT2D eigenvalue weighted by Gasteiger charge is -2.51. The van der Waals surface area contributed by atoms with Crippen molar-refractivity contribution in [2.24, 2.45) is 17.3 Å². The second kappa shape index (κ2) is 5.67. The Morgan fingerprint density at radius 2 is 2.00 bits per heavy atom. The fourth-order valence-electron chi connectivity index (χ4n) is 5.33. The van der Waals surface area contributed by atoms with E-state index in [0.717, 1.165) is 6.42 Å². The van der Waals surface area contributed by atoms with Crippen molar-refractivity contribution in [3.8, 4) is 0 Å². The molecule has 1 aromatic rings. The molecule has 0 amide bonds. The molecule has 26 heavy (non-hydrogen) atoms. The second-order valence-corrected chi connectivity index (χ2v) is 8.93. The van der Waals surface area contributed by atoms with Gasteiger partial charge in [0, 0.05) is 17.3 Å². The SMILES string of the molecule is C[C@@H]1C=CC[C@@]2(C)[C@H](OC(=O)c3ccccc3)C[C@@H](C(C)(C)O)[C@H]3O[C@]132. The number of carbonyl (C=O) groups is 1. The van der Waals surface area contributed by atoms with E-state index in [2.05, 4.69) is 26.0 Å². The summed E-state index contributed by atoms with van der Waals surface area (Å²) >= 11 is 0. The molecule has 140 valence electrons. The Morgan fingerprint density at radius 1 is 1.31 bits per heavy atom. The van der Waals surface area contributed by atoms with E-state index in [1.54, 1.807) is 12.1 Å². The normalized spacial score (nSPS) is 41.1. The van der Waals surface area contributed by atoms with Gasteiger partial charge in [-0.05, 0) is 38.8 Å². The molecular formula is C22H28O4. The third-order valence-corrected chi connectivity index (χ3v) is 6.93. The molecule has 0 aromatic heterocycles. The minimum Gasteiger partial charge on any atom is -0.458 e. The lowest BCUT2D eigenvalue weighted by atomic mass is 9.53. The molecule has 1 N–H and O–H groups in total. The summed E-state index contributed by atoms with van der Waals surface area (Å²) in [5.74, 6) is -0.129. The minimum atomic E-state index is -0.881. The van der Waals surface area contributed by atoms with E-state index in [1.807, 2.05) is 32.0 Å². The zero-order valence-corrected chi connectivity index (χ0v) is 15.9. The van der Waals surface area contributed by atoms with Gasteiger partial charge in [-0.25, -0.2) is 4.79 Å². The van der Waals surface area contributed by atoms with Crippen LogP contribution in [-0.4, -0.2) is 34.5 Å². The van der Waals surface area contributed by atoms with Crippen LogP contribution in [0.5, 0.6) is 0 Å². The summed E-state index contributed by atoms with van der Waals surface area (Å²) in [6.07, 6.45) is 5.54. The Hall–Kier alpha value is -1.65. The number of esters is 1. The summed E-state index contributed by atoms with van der Waals surface area (Å²) in [7, 11) is 0. The standard InChI is InChI=1S/C22H28O4/c1-14-9-8-12-21(4)17(25-19(23)15-10-6-5-7-11-15)13-16(20(2,3)24)18-22(14,21)26-18/h5-11,14,16-18,24H,12-13H2,1-4H3/t14-,16-,17-,18-,21+,22-/m1/s1. The van der Waals surface area contributed by atoms with Crippen LogP contribution in [0.1, 0.15) is 50.9 Å². The van der Waals surface area contributed by atoms with Crippen molar-refractivity contribution >= 4 is 5.97 Å². The molecule has 1 saturated heterocycles. The number of allylic oxidation sites excluding steroid dienone is 1. The molecule has 3 aliphatic rings. The lowest BCUT2D eigenvalue weighted by molar-refractivity contribution is -0.0994. The fraction of sp³-hybridized carbons (Fsp3) is 0.591. The van der Waals surface area contributed by atoms with E-state index in [0.29, 0.717) is 12.0 Å². The summed E-state index contributed by atoms with van der Waals surface area (Å²) in [6.45, 7) is 8.00. The lowest BCUT2D eigenvalue weighted by Crippen LogP contribution is -2.59. The van der Waals surface area contributed by atoms with Crippen LogP contribution in [0.3, 0.4) is 0 Å². The average molecular weight is 356 g/mol. The first-order chi connectivity index (χ1) is 12.2. The highest BCUT2D eigenvalue weighted by molar-refractivity contribution is 5.89. The molecule has 4 nitrogen and oxygen atoms in total. The van der Waals surface area contributed by atoms with E-state index in [9.17, 15) is 9.90 Å². The number of carbonyl (C=O) groups excluding carboxylic acids is 1. The molecule has 0 bridgehead atoms. The van der Waals surface area contributed by atoms with Crippen molar-refractivity contribution in [1.82, 2.24) is 0 Å². The molecule has 6 atom stereocenters. The molecule has 1 aliphatic heterocycles. The van der Waals surface area contributed by atoms with Crippen LogP contribution in [0.2, 0.25) is 0 Å². The minimum absolute atomic E-state index is 0.0131.